The van der Waals surface area contributed by atoms with E-state index in [9.17, 15) is 5.11 Å². The van der Waals surface area contributed by atoms with Crippen LogP contribution in [0.2, 0.25) is 0 Å². The fourth-order valence-electron chi connectivity index (χ4n) is 1.91. The third-order valence-electron chi connectivity index (χ3n) is 2.75. The molecule has 92 valence electrons. The van der Waals surface area contributed by atoms with E-state index in [1.54, 1.807) is 18.4 Å². The van der Waals surface area contributed by atoms with Crippen LogP contribution in [-0.4, -0.2) is 17.7 Å². The molecule has 0 spiro atoms. The quantitative estimate of drug-likeness (QED) is 0.715. The first-order chi connectivity index (χ1) is 7.77. The van der Waals surface area contributed by atoms with Crippen LogP contribution in [0.4, 0.5) is 0 Å². The summed E-state index contributed by atoms with van der Waals surface area (Å²) in [6, 6.07) is 4.12. The number of hydrogen-bond donors (Lipinski definition) is 2. The van der Waals surface area contributed by atoms with Crippen LogP contribution in [0.1, 0.15) is 51.4 Å². The van der Waals surface area contributed by atoms with Gasteiger partial charge in [-0.1, -0.05) is 26.7 Å². The summed E-state index contributed by atoms with van der Waals surface area (Å²) in [4.78, 5) is 0. The van der Waals surface area contributed by atoms with E-state index in [1.165, 1.54) is 25.7 Å². The molecule has 0 aliphatic heterocycles. The van der Waals surface area contributed by atoms with Gasteiger partial charge in [0.15, 0.2) is 0 Å². The fourth-order valence-corrected chi connectivity index (χ4v) is 1.91. The summed E-state index contributed by atoms with van der Waals surface area (Å²) in [5.41, 5.74) is 0. The van der Waals surface area contributed by atoms with Crippen LogP contribution in [0.25, 0.3) is 0 Å². The third-order valence-corrected chi connectivity index (χ3v) is 2.75. The first kappa shape index (κ1) is 13.3. The van der Waals surface area contributed by atoms with Gasteiger partial charge >= 0.3 is 0 Å². The van der Waals surface area contributed by atoms with Gasteiger partial charge in [0.25, 0.3) is 0 Å². The average Bonchev–Trinajstić information content (AvgIpc) is 2.79. The first-order valence-electron chi connectivity index (χ1n) is 6.22. The number of hydrogen-bond acceptors (Lipinski definition) is 3. The Morgan fingerprint density at radius 2 is 2.00 bits per heavy atom. The molecule has 0 radical (unpaired) electrons. The maximum absolute atomic E-state index is 9.84. The molecule has 3 heteroatoms. The van der Waals surface area contributed by atoms with Crippen molar-refractivity contribution in [1.82, 2.24) is 5.32 Å². The van der Waals surface area contributed by atoms with Crippen molar-refractivity contribution in [2.75, 3.05) is 6.54 Å². The van der Waals surface area contributed by atoms with Crippen LogP contribution in [0.3, 0.4) is 0 Å². The number of nitrogens with one attached hydrogen (secondary N) is 1. The Bertz CT molecular complexity index is 253. The van der Waals surface area contributed by atoms with Crippen molar-refractivity contribution in [3.05, 3.63) is 24.2 Å². The van der Waals surface area contributed by atoms with Gasteiger partial charge in [-0.3, -0.25) is 0 Å². The van der Waals surface area contributed by atoms with E-state index in [-0.39, 0.29) is 0 Å². The van der Waals surface area contributed by atoms with Gasteiger partial charge in [0, 0.05) is 12.6 Å². The topological polar surface area (TPSA) is 45.4 Å². The molecule has 0 aliphatic carbocycles. The van der Waals surface area contributed by atoms with Crippen molar-refractivity contribution in [2.45, 2.75) is 51.7 Å². The van der Waals surface area contributed by atoms with Gasteiger partial charge in [-0.25, -0.2) is 0 Å². The molecule has 0 fully saturated rings. The summed E-state index contributed by atoms with van der Waals surface area (Å²) < 4.78 is 5.16. The van der Waals surface area contributed by atoms with Gasteiger partial charge in [-0.05, 0) is 25.0 Å². The van der Waals surface area contributed by atoms with Crippen molar-refractivity contribution in [3.63, 3.8) is 0 Å². The Labute approximate surface area is 97.9 Å². The molecule has 0 bridgehead atoms. The van der Waals surface area contributed by atoms with Gasteiger partial charge < -0.3 is 14.8 Å². The minimum absolute atomic E-state index is 0.514. The number of aliphatic hydroxyl groups excluding tert-OH is 1. The number of rotatable bonds is 8. The maximum Gasteiger partial charge on any atom is 0.133 e. The molecule has 1 heterocycles. The number of aliphatic hydroxyl groups is 1. The van der Waals surface area contributed by atoms with Crippen molar-refractivity contribution in [2.24, 2.45) is 0 Å². The van der Waals surface area contributed by atoms with Gasteiger partial charge in [-0.2, -0.15) is 0 Å². The molecule has 0 saturated carbocycles. The molecule has 1 atom stereocenters. The van der Waals surface area contributed by atoms with E-state index in [1.807, 2.05) is 0 Å². The third kappa shape index (κ3) is 4.37. The Kier molecular flexibility index (Phi) is 6.19. The molecule has 0 aromatic carbocycles. The summed E-state index contributed by atoms with van der Waals surface area (Å²) in [5.74, 6) is 0.638. The minimum atomic E-state index is -0.536. The first-order valence-corrected chi connectivity index (χ1v) is 6.22. The van der Waals surface area contributed by atoms with E-state index in [0.717, 1.165) is 0 Å². The van der Waals surface area contributed by atoms with E-state index in [4.69, 9.17) is 4.42 Å². The Hall–Kier alpha value is -0.800. The highest BCUT2D eigenvalue weighted by atomic mass is 16.4. The molecule has 2 N–H and O–H groups in total. The van der Waals surface area contributed by atoms with Crippen LogP contribution < -0.4 is 5.32 Å². The summed E-state index contributed by atoms with van der Waals surface area (Å²) in [5, 5.41) is 13.2. The monoisotopic (exact) mass is 225 g/mol. The molecule has 0 aliphatic rings. The Morgan fingerprint density at radius 3 is 2.50 bits per heavy atom. The second-order valence-electron chi connectivity index (χ2n) is 4.21. The van der Waals surface area contributed by atoms with Gasteiger partial charge in [-0.15, -0.1) is 0 Å². The van der Waals surface area contributed by atoms with Gasteiger partial charge in [0.05, 0.1) is 6.26 Å². The van der Waals surface area contributed by atoms with Crippen LogP contribution >= 0.6 is 0 Å². The van der Waals surface area contributed by atoms with Crippen LogP contribution in [0.5, 0.6) is 0 Å². The van der Waals surface area contributed by atoms with Crippen molar-refractivity contribution >= 4 is 0 Å². The van der Waals surface area contributed by atoms with Gasteiger partial charge in [0.1, 0.15) is 11.9 Å². The normalized spacial score (nSPS) is 13.2. The Morgan fingerprint density at radius 1 is 1.31 bits per heavy atom. The largest absolute Gasteiger partial charge is 0.467 e. The molecule has 1 aromatic heterocycles. The smallest absolute Gasteiger partial charge is 0.133 e. The Balaban J connectivity index is 2.30. The zero-order valence-corrected chi connectivity index (χ0v) is 10.3. The van der Waals surface area contributed by atoms with E-state index in [2.05, 4.69) is 19.2 Å². The highest BCUT2D eigenvalue weighted by Gasteiger charge is 2.12. The predicted octanol–water partition coefficient (Wildman–Crippen LogP) is 2.87. The number of furan rings is 1. The van der Waals surface area contributed by atoms with E-state index >= 15 is 0 Å². The lowest BCUT2D eigenvalue weighted by Crippen LogP contribution is -2.32. The lowest BCUT2D eigenvalue weighted by Gasteiger charge is -2.19. The van der Waals surface area contributed by atoms with Crippen molar-refractivity contribution in [1.29, 1.82) is 0 Å². The van der Waals surface area contributed by atoms with Crippen molar-refractivity contribution < 1.29 is 9.52 Å². The molecule has 0 saturated heterocycles. The summed E-state index contributed by atoms with van der Waals surface area (Å²) in [6.45, 7) is 4.94. The summed E-state index contributed by atoms with van der Waals surface area (Å²) >= 11 is 0. The second kappa shape index (κ2) is 7.47. The van der Waals surface area contributed by atoms with Crippen LogP contribution in [0, 0.1) is 0 Å². The zero-order chi connectivity index (χ0) is 11.8. The molecule has 1 unspecified atom stereocenters. The summed E-state index contributed by atoms with van der Waals surface area (Å²) in [7, 11) is 0. The van der Waals surface area contributed by atoms with E-state index < -0.39 is 6.10 Å². The minimum Gasteiger partial charge on any atom is -0.467 e. The summed E-state index contributed by atoms with van der Waals surface area (Å²) in [6.07, 6.45) is 5.74. The highest BCUT2D eigenvalue weighted by Crippen LogP contribution is 2.13. The molecular formula is C13H23NO2. The molecule has 1 rings (SSSR count). The zero-order valence-electron chi connectivity index (χ0n) is 10.3. The predicted molar refractivity (Wildman–Crippen MR) is 65.3 cm³/mol. The highest BCUT2D eigenvalue weighted by molar-refractivity contribution is 5.02. The standard InChI is InChI=1S/C13H23NO2/c1-3-6-11(7-4-2)14-10-12(15)13-8-5-9-16-13/h5,8-9,11-12,14-15H,3-4,6-7,10H2,1-2H3. The maximum atomic E-state index is 9.84. The average molecular weight is 225 g/mol. The molecule has 0 amide bonds. The molecule has 16 heavy (non-hydrogen) atoms. The lowest BCUT2D eigenvalue weighted by molar-refractivity contribution is 0.142. The lowest BCUT2D eigenvalue weighted by atomic mass is 10.1. The van der Waals surface area contributed by atoms with Crippen LogP contribution in [-0.2, 0) is 0 Å². The molecule has 1 aromatic rings. The SMILES string of the molecule is CCCC(CCC)NCC(O)c1ccco1. The van der Waals surface area contributed by atoms with Crippen LogP contribution in [0.15, 0.2) is 22.8 Å². The van der Waals surface area contributed by atoms with Gasteiger partial charge in [0.2, 0.25) is 0 Å². The molecular weight excluding hydrogens is 202 g/mol. The van der Waals surface area contributed by atoms with E-state index in [0.29, 0.717) is 18.3 Å². The fraction of sp³-hybridized carbons (Fsp3) is 0.692. The molecule has 3 nitrogen and oxygen atoms in total. The second-order valence-corrected chi connectivity index (χ2v) is 4.21. The van der Waals surface area contributed by atoms with Crippen molar-refractivity contribution in [3.8, 4) is 0 Å².